The molecule has 40 heavy (non-hydrogen) atoms. The van der Waals surface area contributed by atoms with Crippen LogP contribution in [0.15, 0.2) is 72.3 Å². The highest BCUT2D eigenvalue weighted by Crippen LogP contribution is 2.43. The second-order valence-electron chi connectivity index (χ2n) is 10.3. The zero-order valence-corrected chi connectivity index (χ0v) is 23.2. The van der Waals surface area contributed by atoms with Crippen molar-refractivity contribution in [3.63, 3.8) is 0 Å². The van der Waals surface area contributed by atoms with E-state index in [0.717, 1.165) is 36.1 Å². The molecule has 1 N–H and O–H groups in total. The third-order valence-corrected chi connectivity index (χ3v) is 7.41. The summed E-state index contributed by atoms with van der Waals surface area (Å²) >= 11 is 0. The van der Waals surface area contributed by atoms with Gasteiger partial charge in [-0.1, -0.05) is 56.2 Å². The van der Waals surface area contributed by atoms with Gasteiger partial charge in [0, 0.05) is 18.5 Å². The number of ketones is 1. The minimum atomic E-state index is -0.813. The van der Waals surface area contributed by atoms with Gasteiger partial charge < -0.3 is 24.2 Å². The van der Waals surface area contributed by atoms with Gasteiger partial charge in [0.1, 0.15) is 17.6 Å². The van der Waals surface area contributed by atoms with Crippen LogP contribution in [0.3, 0.4) is 0 Å². The minimum absolute atomic E-state index is 0.0408. The Morgan fingerprint density at radius 2 is 1.82 bits per heavy atom. The van der Waals surface area contributed by atoms with Gasteiger partial charge >= 0.3 is 0 Å². The van der Waals surface area contributed by atoms with Crippen LogP contribution >= 0.6 is 0 Å². The molecule has 0 unspecified atom stereocenters. The third kappa shape index (κ3) is 5.41. The molecule has 7 nitrogen and oxygen atoms in total. The van der Waals surface area contributed by atoms with E-state index >= 15 is 0 Å². The van der Waals surface area contributed by atoms with Crippen LogP contribution in [0.1, 0.15) is 61.4 Å². The first-order valence-electron chi connectivity index (χ1n) is 13.8. The van der Waals surface area contributed by atoms with Gasteiger partial charge in [-0.3, -0.25) is 9.59 Å². The number of rotatable bonds is 10. The molecule has 0 spiro atoms. The normalized spacial score (nSPS) is 19.4. The first-order valence-corrected chi connectivity index (χ1v) is 13.8. The molecule has 2 aliphatic rings. The fraction of sp³-hybridized carbons (Fsp3) is 0.333. The molecule has 5 rings (SSSR count). The lowest BCUT2D eigenvalue weighted by Crippen LogP contribution is -2.29. The molecule has 0 aromatic heterocycles. The van der Waals surface area contributed by atoms with Gasteiger partial charge in [-0.05, 0) is 60.4 Å². The summed E-state index contributed by atoms with van der Waals surface area (Å²) in [4.78, 5) is 28.5. The zero-order chi connectivity index (χ0) is 28.2. The van der Waals surface area contributed by atoms with E-state index in [-0.39, 0.29) is 24.0 Å². The van der Waals surface area contributed by atoms with Crippen LogP contribution in [0.4, 0.5) is 0 Å². The Labute approximate surface area is 235 Å². The van der Waals surface area contributed by atoms with Gasteiger partial charge in [-0.25, -0.2) is 0 Å². The third-order valence-electron chi connectivity index (χ3n) is 7.41. The highest BCUT2D eigenvalue weighted by Gasteiger charge is 2.46. The fourth-order valence-electron chi connectivity index (χ4n) is 5.40. The largest absolute Gasteiger partial charge is 0.507 e. The molecule has 0 saturated carbocycles. The molecule has 7 heteroatoms. The number of aliphatic hydroxyl groups is 1. The summed E-state index contributed by atoms with van der Waals surface area (Å²) in [7, 11) is 1.56. The summed E-state index contributed by atoms with van der Waals surface area (Å²) in [5.74, 6) is 0.275. The molecule has 2 aliphatic heterocycles. The van der Waals surface area contributed by atoms with Crippen molar-refractivity contribution in [2.24, 2.45) is 0 Å². The average molecular weight is 542 g/mol. The summed E-state index contributed by atoms with van der Waals surface area (Å²) < 4.78 is 17.4. The van der Waals surface area contributed by atoms with Crippen molar-refractivity contribution < 1.29 is 28.9 Å². The SMILES string of the molecule is CCCCCOc1ccc([C@@H]2/C(=C(\O)c3ccc4c(c3)C[C@H](C)O4)C(=O)C(=O)N2Cc2ccccc2)cc1OC. The molecule has 1 fully saturated rings. The zero-order valence-electron chi connectivity index (χ0n) is 23.2. The Hall–Kier alpha value is -4.26. The molecule has 0 aliphatic carbocycles. The molecule has 0 bridgehead atoms. The Morgan fingerprint density at radius 3 is 2.58 bits per heavy atom. The Balaban J connectivity index is 1.58. The molecule has 1 amide bonds. The van der Waals surface area contributed by atoms with Gasteiger partial charge in [0.05, 0.1) is 25.3 Å². The summed E-state index contributed by atoms with van der Waals surface area (Å²) in [6, 6.07) is 19.5. The van der Waals surface area contributed by atoms with Gasteiger partial charge in [0.25, 0.3) is 11.7 Å². The van der Waals surface area contributed by atoms with Crippen LogP contribution in [0.2, 0.25) is 0 Å². The monoisotopic (exact) mass is 541 g/mol. The molecule has 2 heterocycles. The van der Waals surface area contributed by atoms with E-state index in [1.54, 1.807) is 31.4 Å². The smallest absolute Gasteiger partial charge is 0.295 e. The lowest BCUT2D eigenvalue weighted by atomic mass is 9.94. The van der Waals surface area contributed by atoms with Crippen LogP contribution in [0, 0.1) is 0 Å². The van der Waals surface area contributed by atoms with Crippen LogP contribution in [-0.4, -0.2) is 41.5 Å². The number of Topliss-reactive ketones (excluding diaryl/α,β-unsaturated/α-hetero) is 1. The number of likely N-dealkylation sites (tertiary alicyclic amines) is 1. The number of nitrogens with zero attached hydrogens (tertiary/aromatic N) is 1. The maximum Gasteiger partial charge on any atom is 0.295 e. The van der Waals surface area contributed by atoms with Crippen molar-refractivity contribution in [1.29, 1.82) is 0 Å². The van der Waals surface area contributed by atoms with E-state index in [1.807, 2.05) is 49.4 Å². The summed E-state index contributed by atoms with van der Waals surface area (Å²) in [5.41, 5.74) is 3.00. The number of ether oxygens (including phenoxy) is 3. The predicted octanol–water partition coefficient (Wildman–Crippen LogP) is 6.21. The Bertz CT molecular complexity index is 1430. The molecule has 3 aromatic rings. The average Bonchev–Trinajstić information content (AvgIpc) is 3.46. The molecule has 3 aromatic carbocycles. The van der Waals surface area contributed by atoms with Gasteiger partial charge in [-0.15, -0.1) is 0 Å². The lowest BCUT2D eigenvalue weighted by molar-refractivity contribution is -0.140. The number of unbranched alkanes of at least 4 members (excludes halogenated alkanes) is 2. The number of carbonyl (C=O) groups is 2. The summed E-state index contributed by atoms with van der Waals surface area (Å²) in [6.07, 6.45) is 3.85. The topological polar surface area (TPSA) is 85.3 Å². The number of aliphatic hydroxyl groups excluding tert-OH is 1. The van der Waals surface area contributed by atoms with Gasteiger partial charge in [-0.2, -0.15) is 0 Å². The van der Waals surface area contributed by atoms with Gasteiger partial charge in [0.15, 0.2) is 11.5 Å². The van der Waals surface area contributed by atoms with Crippen molar-refractivity contribution >= 4 is 17.4 Å². The number of benzene rings is 3. The second kappa shape index (κ2) is 11.9. The number of amides is 1. The molecular formula is C33H35NO6. The van der Waals surface area contributed by atoms with Gasteiger partial charge in [0.2, 0.25) is 0 Å². The fourth-order valence-corrected chi connectivity index (χ4v) is 5.40. The van der Waals surface area contributed by atoms with Crippen LogP contribution in [-0.2, 0) is 22.6 Å². The molecule has 208 valence electrons. The number of carbonyl (C=O) groups excluding carboxylic acids is 2. The van der Waals surface area contributed by atoms with Crippen LogP contribution in [0.25, 0.3) is 5.76 Å². The second-order valence-corrected chi connectivity index (χ2v) is 10.3. The predicted molar refractivity (Wildman–Crippen MR) is 153 cm³/mol. The first kappa shape index (κ1) is 27.3. The van der Waals surface area contributed by atoms with Crippen molar-refractivity contribution in [2.45, 2.75) is 58.2 Å². The lowest BCUT2D eigenvalue weighted by Gasteiger charge is -2.26. The highest BCUT2D eigenvalue weighted by molar-refractivity contribution is 6.46. The number of hydrogen-bond donors (Lipinski definition) is 1. The number of fused-ring (bicyclic) bond motifs is 1. The van der Waals surface area contributed by atoms with Crippen molar-refractivity contribution in [3.8, 4) is 17.2 Å². The summed E-state index contributed by atoms with van der Waals surface area (Å²) in [6.45, 7) is 4.90. The van der Waals surface area contributed by atoms with E-state index in [9.17, 15) is 14.7 Å². The van der Waals surface area contributed by atoms with Crippen molar-refractivity contribution in [2.75, 3.05) is 13.7 Å². The van der Waals surface area contributed by atoms with Crippen molar-refractivity contribution in [1.82, 2.24) is 4.90 Å². The molecule has 0 radical (unpaired) electrons. The molecule has 2 atom stereocenters. The standard InChI is InChI=1S/C33H35NO6/c1-4-5-9-16-39-27-15-12-23(19-28(27)38-3)30-29(31(35)24-13-14-26-25(18-24)17-21(2)40-26)32(36)33(37)34(30)20-22-10-7-6-8-11-22/h6-8,10-15,18-19,21,30,35H,4-5,9,16-17,20H2,1-3H3/b31-29+/t21-,30+/m0/s1. The maximum atomic E-state index is 13.5. The van der Waals surface area contributed by atoms with E-state index in [2.05, 4.69) is 6.92 Å². The first-order chi connectivity index (χ1) is 19.4. The van der Waals surface area contributed by atoms with E-state index in [0.29, 0.717) is 35.7 Å². The quantitative estimate of drug-likeness (QED) is 0.142. The number of methoxy groups -OCH3 is 1. The van der Waals surface area contributed by atoms with Crippen molar-refractivity contribution in [3.05, 3.63) is 94.6 Å². The highest BCUT2D eigenvalue weighted by atomic mass is 16.5. The number of hydrogen-bond acceptors (Lipinski definition) is 6. The molecule has 1 saturated heterocycles. The Kier molecular flexibility index (Phi) is 8.10. The molecular weight excluding hydrogens is 506 g/mol. The van der Waals surface area contributed by atoms with Crippen LogP contribution < -0.4 is 14.2 Å². The van der Waals surface area contributed by atoms with E-state index in [4.69, 9.17) is 14.2 Å². The maximum absolute atomic E-state index is 13.5. The summed E-state index contributed by atoms with van der Waals surface area (Å²) in [5, 5.41) is 11.6. The van der Waals surface area contributed by atoms with E-state index < -0.39 is 17.7 Å². The van der Waals surface area contributed by atoms with E-state index in [1.165, 1.54) is 4.90 Å². The Morgan fingerprint density at radius 1 is 1.02 bits per heavy atom. The minimum Gasteiger partial charge on any atom is -0.507 e. The van der Waals surface area contributed by atoms with Crippen LogP contribution in [0.5, 0.6) is 17.2 Å².